The van der Waals surface area contributed by atoms with Crippen LogP contribution in [-0.4, -0.2) is 42.0 Å². The quantitative estimate of drug-likeness (QED) is 0.439. The summed E-state index contributed by atoms with van der Waals surface area (Å²) in [5, 5.41) is 9.37. The second kappa shape index (κ2) is 8.94. The van der Waals surface area contributed by atoms with E-state index in [9.17, 15) is 4.79 Å². The molecule has 0 saturated carbocycles. The Balaban J connectivity index is 1.33. The highest BCUT2D eigenvalue weighted by molar-refractivity contribution is 7.20. The van der Waals surface area contributed by atoms with Crippen molar-refractivity contribution in [1.82, 2.24) is 9.78 Å². The number of nitrogens with zero attached hydrogens (tertiary/aromatic N) is 3. The first-order valence-corrected chi connectivity index (χ1v) is 11.7. The highest BCUT2D eigenvalue weighted by Gasteiger charge is 2.18. The Hall–Kier alpha value is -2.87. The number of amides is 1. The molecule has 0 unspecified atom stereocenters. The molecule has 0 spiro atoms. The molecular weight excluding hydrogens is 444 g/mol. The lowest BCUT2D eigenvalue weighted by molar-refractivity contribution is 0.103. The van der Waals surface area contributed by atoms with Crippen LogP contribution in [0.1, 0.15) is 20.9 Å². The molecule has 32 heavy (non-hydrogen) atoms. The van der Waals surface area contributed by atoms with Crippen LogP contribution in [0.5, 0.6) is 0 Å². The maximum absolute atomic E-state index is 12.9. The number of hydrogen-bond donors (Lipinski definition) is 1. The summed E-state index contributed by atoms with van der Waals surface area (Å²) in [6, 6.07) is 17.6. The third kappa shape index (κ3) is 4.24. The minimum atomic E-state index is -0.117. The van der Waals surface area contributed by atoms with Crippen LogP contribution in [0.25, 0.3) is 10.2 Å². The molecule has 5 rings (SSSR count). The van der Waals surface area contributed by atoms with Crippen LogP contribution in [0.3, 0.4) is 0 Å². The molecule has 0 aliphatic carbocycles. The molecule has 1 N–H and O–H groups in total. The summed E-state index contributed by atoms with van der Waals surface area (Å²) >= 11 is 7.77. The Bertz CT molecular complexity index is 1260. The summed E-state index contributed by atoms with van der Waals surface area (Å²) < 4.78 is 7.33. The van der Waals surface area contributed by atoms with Crippen molar-refractivity contribution in [2.75, 3.05) is 36.5 Å². The van der Waals surface area contributed by atoms with Crippen molar-refractivity contribution in [3.8, 4) is 0 Å². The number of aryl methyl sites for hydroxylation is 1. The molecule has 8 heteroatoms. The number of ether oxygens (including phenoxy) is 1. The fraction of sp³-hybridized carbons (Fsp3) is 0.250. The molecule has 1 aliphatic rings. The molecule has 1 fully saturated rings. The fourth-order valence-electron chi connectivity index (χ4n) is 3.89. The summed E-state index contributed by atoms with van der Waals surface area (Å²) in [7, 11) is 0. The minimum absolute atomic E-state index is 0.117. The third-order valence-corrected chi connectivity index (χ3v) is 7.13. The maximum atomic E-state index is 12.9. The van der Waals surface area contributed by atoms with Crippen LogP contribution in [-0.2, 0) is 11.3 Å². The van der Waals surface area contributed by atoms with Crippen molar-refractivity contribution >= 4 is 50.4 Å². The normalized spacial score (nSPS) is 14.1. The van der Waals surface area contributed by atoms with Crippen molar-refractivity contribution in [3.63, 3.8) is 0 Å². The number of halogens is 1. The van der Waals surface area contributed by atoms with Gasteiger partial charge in [-0.05, 0) is 48.9 Å². The zero-order valence-corrected chi connectivity index (χ0v) is 19.2. The van der Waals surface area contributed by atoms with Gasteiger partial charge in [0.25, 0.3) is 5.91 Å². The molecule has 0 atom stereocenters. The lowest BCUT2D eigenvalue weighted by Crippen LogP contribution is -2.36. The van der Waals surface area contributed by atoms with E-state index in [1.807, 2.05) is 66.2 Å². The molecule has 2 aromatic heterocycles. The Kier molecular flexibility index (Phi) is 5.87. The van der Waals surface area contributed by atoms with Crippen molar-refractivity contribution in [2.45, 2.75) is 13.5 Å². The van der Waals surface area contributed by atoms with Gasteiger partial charge in [-0.25, -0.2) is 0 Å². The van der Waals surface area contributed by atoms with Crippen LogP contribution in [0.4, 0.5) is 11.4 Å². The van der Waals surface area contributed by atoms with Gasteiger partial charge >= 0.3 is 0 Å². The molecule has 4 aromatic rings. The average molecular weight is 467 g/mol. The smallest absolute Gasteiger partial charge is 0.265 e. The van der Waals surface area contributed by atoms with Gasteiger partial charge in [-0.3, -0.25) is 9.48 Å². The number of carbonyl (C=O) groups is 1. The number of carbonyl (C=O) groups excluding carboxylic acids is 1. The predicted octanol–water partition coefficient (Wildman–Crippen LogP) is 5.20. The maximum Gasteiger partial charge on any atom is 0.265 e. The summed E-state index contributed by atoms with van der Waals surface area (Å²) in [5.74, 6) is -0.117. The van der Waals surface area contributed by atoms with Crippen molar-refractivity contribution in [3.05, 3.63) is 75.8 Å². The van der Waals surface area contributed by atoms with Crippen LogP contribution in [0.2, 0.25) is 5.02 Å². The number of rotatable bonds is 5. The van der Waals surface area contributed by atoms with Gasteiger partial charge in [0.15, 0.2) is 0 Å². The monoisotopic (exact) mass is 466 g/mol. The molecule has 0 bridgehead atoms. The van der Waals surface area contributed by atoms with E-state index in [1.54, 1.807) is 0 Å². The third-order valence-electron chi connectivity index (χ3n) is 5.61. The molecule has 0 radical (unpaired) electrons. The van der Waals surface area contributed by atoms with Gasteiger partial charge in [0.1, 0.15) is 4.83 Å². The number of hydrogen-bond acceptors (Lipinski definition) is 5. The van der Waals surface area contributed by atoms with E-state index in [4.69, 9.17) is 16.3 Å². The van der Waals surface area contributed by atoms with E-state index >= 15 is 0 Å². The van der Waals surface area contributed by atoms with Gasteiger partial charge in [0, 0.05) is 34.9 Å². The van der Waals surface area contributed by atoms with Crippen LogP contribution >= 0.6 is 22.9 Å². The summed E-state index contributed by atoms with van der Waals surface area (Å²) in [5.41, 5.74) is 3.82. The Labute approximate surface area is 195 Å². The lowest BCUT2D eigenvalue weighted by atomic mass is 10.2. The molecule has 2 aromatic carbocycles. The topological polar surface area (TPSA) is 59.4 Å². The minimum Gasteiger partial charge on any atom is -0.378 e. The summed E-state index contributed by atoms with van der Waals surface area (Å²) in [6.07, 6.45) is 0. The average Bonchev–Trinajstić information content (AvgIpc) is 3.38. The Morgan fingerprint density at radius 3 is 2.66 bits per heavy atom. The molecule has 6 nitrogen and oxygen atoms in total. The second-order valence-corrected chi connectivity index (χ2v) is 9.20. The first kappa shape index (κ1) is 21.0. The zero-order chi connectivity index (χ0) is 22.1. The molecule has 164 valence electrons. The summed E-state index contributed by atoms with van der Waals surface area (Å²) in [4.78, 5) is 16.8. The SMILES string of the molecule is Cc1nn(Cc2ccccc2Cl)c2sc(C(=O)Nc3ccc(N4CCOCC4)cc3)cc12. The lowest BCUT2D eigenvalue weighted by Gasteiger charge is -2.28. The number of thiophene rings is 1. The number of anilines is 2. The van der Waals surface area contributed by atoms with E-state index in [1.165, 1.54) is 11.3 Å². The second-order valence-electron chi connectivity index (χ2n) is 7.76. The molecular formula is C24H23ClN4O2S. The predicted molar refractivity (Wildman–Crippen MR) is 130 cm³/mol. The van der Waals surface area contributed by atoms with Gasteiger partial charge < -0.3 is 15.0 Å². The van der Waals surface area contributed by atoms with Gasteiger partial charge in [-0.1, -0.05) is 29.8 Å². The Morgan fingerprint density at radius 2 is 1.91 bits per heavy atom. The van der Waals surface area contributed by atoms with Crippen molar-refractivity contribution < 1.29 is 9.53 Å². The van der Waals surface area contributed by atoms with Crippen LogP contribution < -0.4 is 10.2 Å². The molecule has 3 heterocycles. The van der Waals surface area contributed by atoms with E-state index < -0.39 is 0 Å². The molecule has 1 amide bonds. The number of nitrogens with one attached hydrogen (secondary N) is 1. The highest BCUT2D eigenvalue weighted by Crippen LogP contribution is 2.30. The number of benzene rings is 2. The number of fused-ring (bicyclic) bond motifs is 1. The van der Waals surface area contributed by atoms with E-state index in [2.05, 4.69) is 15.3 Å². The van der Waals surface area contributed by atoms with Gasteiger partial charge in [-0.15, -0.1) is 11.3 Å². The van der Waals surface area contributed by atoms with Crippen molar-refractivity contribution in [1.29, 1.82) is 0 Å². The first-order valence-electron chi connectivity index (χ1n) is 10.5. The number of morpholine rings is 1. The molecule has 1 aliphatic heterocycles. The zero-order valence-electron chi connectivity index (χ0n) is 17.7. The van der Waals surface area contributed by atoms with E-state index in [0.717, 1.165) is 59.2 Å². The van der Waals surface area contributed by atoms with Gasteiger partial charge in [-0.2, -0.15) is 5.10 Å². The first-order chi connectivity index (χ1) is 15.6. The number of aromatic nitrogens is 2. The highest BCUT2D eigenvalue weighted by atomic mass is 35.5. The standard InChI is InChI=1S/C24H23ClN4O2S/c1-16-20-14-22(32-24(20)29(27-16)15-17-4-2-3-5-21(17)25)23(30)26-18-6-8-19(9-7-18)28-10-12-31-13-11-28/h2-9,14H,10-13,15H2,1H3,(H,26,30). The van der Waals surface area contributed by atoms with E-state index in [0.29, 0.717) is 16.4 Å². The van der Waals surface area contributed by atoms with Gasteiger partial charge in [0.05, 0.1) is 30.3 Å². The Morgan fingerprint density at radius 1 is 1.16 bits per heavy atom. The largest absolute Gasteiger partial charge is 0.378 e. The molecule has 1 saturated heterocycles. The van der Waals surface area contributed by atoms with Gasteiger partial charge in [0.2, 0.25) is 0 Å². The van der Waals surface area contributed by atoms with Crippen LogP contribution in [0, 0.1) is 6.92 Å². The summed E-state index contributed by atoms with van der Waals surface area (Å²) in [6.45, 7) is 5.80. The van der Waals surface area contributed by atoms with Crippen molar-refractivity contribution in [2.24, 2.45) is 0 Å². The van der Waals surface area contributed by atoms with Crippen LogP contribution in [0.15, 0.2) is 54.6 Å². The van der Waals surface area contributed by atoms with E-state index in [-0.39, 0.29) is 5.91 Å². The fourth-order valence-corrected chi connectivity index (χ4v) is 5.14.